The van der Waals surface area contributed by atoms with Gasteiger partial charge in [0.05, 0.1) is 13.0 Å². The number of nitrogens with zero attached hydrogens (tertiary/aromatic N) is 1. The first-order chi connectivity index (χ1) is 8.11. The number of hydrogen-bond acceptors (Lipinski definition) is 2. The molecule has 0 aromatic heterocycles. The summed E-state index contributed by atoms with van der Waals surface area (Å²) in [5, 5.41) is 0.723. The Kier molecular flexibility index (Phi) is 10.7. The summed E-state index contributed by atoms with van der Waals surface area (Å²) in [6, 6.07) is 0. The van der Waals surface area contributed by atoms with Crippen molar-refractivity contribution in [1.82, 2.24) is 4.90 Å². The van der Waals surface area contributed by atoms with Crippen LogP contribution in [-0.4, -0.2) is 48.9 Å². The highest BCUT2D eigenvalue weighted by atomic mass is 79.9. The van der Waals surface area contributed by atoms with Crippen molar-refractivity contribution in [3.63, 3.8) is 0 Å². The van der Waals surface area contributed by atoms with Crippen molar-refractivity contribution < 1.29 is 18.3 Å². The highest BCUT2D eigenvalue weighted by molar-refractivity contribution is 9.09. The van der Waals surface area contributed by atoms with Crippen LogP contribution >= 0.6 is 15.9 Å². The fourth-order valence-electron chi connectivity index (χ4n) is 1.30. The molecule has 0 fully saturated rings. The van der Waals surface area contributed by atoms with Crippen molar-refractivity contribution in [1.29, 1.82) is 0 Å². The van der Waals surface area contributed by atoms with Crippen LogP contribution in [0, 0.1) is 0 Å². The lowest BCUT2D eigenvalue weighted by Crippen LogP contribution is -2.34. The van der Waals surface area contributed by atoms with E-state index in [1.165, 1.54) is 0 Å². The van der Waals surface area contributed by atoms with Gasteiger partial charge in [0, 0.05) is 18.4 Å². The van der Waals surface area contributed by atoms with Crippen LogP contribution in [0.15, 0.2) is 0 Å². The van der Waals surface area contributed by atoms with Gasteiger partial charge in [-0.25, -0.2) is 8.78 Å². The minimum Gasteiger partial charge on any atom is -0.375 e. The van der Waals surface area contributed by atoms with Gasteiger partial charge >= 0.3 is 0 Å². The fourth-order valence-corrected chi connectivity index (χ4v) is 1.73. The quantitative estimate of drug-likeness (QED) is 0.458. The maximum Gasteiger partial charge on any atom is 0.261 e. The summed E-state index contributed by atoms with van der Waals surface area (Å²) in [7, 11) is 0. The minimum absolute atomic E-state index is 0.0350. The Balaban J connectivity index is 3.80. The van der Waals surface area contributed by atoms with Gasteiger partial charge in [0.25, 0.3) is 6.43 Å². The number of unbranched alkanes of at least 4 members (excludes halogenated alkanes) is 1. The molecule has 0 aliphatic rings. The standard InChI is InChI=1S/C11H20BrF2NO2/c1-2-3-6-15(7-5-12)11(16)4-8-17-9-10(13)14/h10H,2-9H2,1H3. The zero-order valence-corrected chi connectivity index (χ0v) is 11.7. The number of rotatable bonds is 10. The highest BCUT2D eigenvalue weighted by Gasteiger charge is 2.12. The predicted octanol–water partition coefficient (Wildman–Crippen LogP) is 2.68. The number of alkyl halides is 3. The second-order valence-corrected chi connectivity index (χ2v) is 4.43. The first-order valence-corrected chi connectivity index (χ1v) is 6.93. The van der Waals surface area contributed by atoms with Gasteiger partial charge < -0.3 is 9.64 Å². The molecule has 1 amide bonds. The van der Waals surface area contributed by atoms with Crippen molar-refractivity contribution in [2.45, 2.75) is 32.6 Å². The smallest absolute Gasteiger partial charge is 0.261 e. The summed E-state index contributed by atoms with van der Waals surface area (Å²) in [6.07, 6.45) is -0.322. The van der Waals surface area contributed by atoms with Crippen molar-refractivity contribution in [2.75, 3.05) is 31.6 Å². The van der Waals surface area contributed by atoms with Crippen LogP contribution in [0.1, 0.15) is 26.2 Å². The summed E-state index contributed by atoms with van der Waals surface area (Å²) in [6.45, 7) is 2.89. The number of ether oxygens (including phenoxy) is 1. The van der Waals surface area contributed by atoms with Crippen molar-refractivity contribution >= 4 is 21.8 Å². The number of carbonyl (C=O) groups is 1. The molecule has 0 unspecified atom stereocenters. The number of carbonyl (C=O) groups excluding carboxylic acids is 1. The molecule has 0 aliphatic heterocycles. The van der Waals surface area contributed by atoms with E-state index in [0.717, 1.165) is 24.7 Å². The van der Waals surface area contributed by atoms with Crippen LogP contribution in [0.4, 0.5) is 8.78 Å². The second kappa shape index (κ2) is 10.9. The van der Waals surface area contributed by atoms with Gasteiger partial charge in [0.1, 0.15) is 6.61 Å². The second-order valence-electron chi connectivity index (χ2n) is 3.64. The van der Waals surface area contributed by atoms with E-state index < -0.39 is 13.0 Å². The number of halogens is 3. The molecule has 0 spiro atoms. The van der Waals surface area contributed by atoms with Crippen LogP contribution < -0.4 is 0 Å². The van der Waals surface area contributed by atoms with E-state index >= 15 is 0 Å². The van der Waals surface area contributed by atoms with Crippen LogP contribution in [0.25, 0.3) is 0 Å². The van der Waals surface area contributed by atoms with E-state index in [0.29, 0.717) is 6.54 Å². The molecule has 0 saturated heterocycles. The third kappa shape index (κ3) is 9.47. The lowest BCUT2D eigenvalue weighted by Gasteiger charge is -2.21. The Morgan fingerprint density at radius 2 is 2.12 bits per heavy atom. The largest absolute Gasteiger partial charge is 0.375 e. The Morgan fingerprint density at radius 3 is 2.65 bits per heavy atom. The van der Waals surface area contributed by atoms with Gasteiger partial charge in [-0.2, -0.15) is 0 Å². The average Bonchev–Trinajstić information content (AvgIpc) is 2.29. The summed E-state index contributed by atoms with van der Waals surface area (Å²) >= 11 is 3.29. The molecule has 0 rings (SSSR count). The van der Waals surface area contributed by atoms with E-state index in [9.17, 15) is 13.6 Å². The van der Waals surface area contributed by atoms with Gasteiger partial charge in [-0.1, -0.05) is 29.3 Å². The van der Waals surface area contributed by atoms with E-state index in [-0.39, 0.29) is 18.9 Å². The Bertz CT molecular complexity index is 206. The molecule has 3 nitrogen and oxygen atoms in total. The van der Waals surface area contributed by atoms with Crippen molar-refractivity contribution in [3.05, 3.63) is 0 Å². The van der Waals surface area contributed by atoms with Gasteiger partial charge in [-0.15, -0.1) is 0 Å². The molecule has 102 valence electrons. The van der Waals surface area contributed by atoms with E-state index in [1.54, 1.807) is 4.90 Å². The third-order valence-electron chi connectivity index (χ3n) is 2.19. The molecule has 0 N–H and O–H groups in total. The van der Waals surface area contributed by atoms with Crippen LogP contribution in [0.3, 0.4) is 0 Å². The molecule has 6 heteroatoms. The fraction of sp³-hybridized carbons (Fsp3) is 0.909. The molecule has 0 aromatic carbocycles. The predicted molar refractivity (Wildman–Crippen MR) is 66.7 cm³/mol. The van der Waals surface area contributed by atoms with Crippen LogP contribution in [-0.2, 0) is 9.53 Å². The molecule has 0 atom stereocenters. The van der Waals surface area contributed by atoms with E-state index in [4.69, 9.17) is 0 Å². The van der Waals surface area contributed by atoms with Crippen molar-refractivity contribution in [2.24, 2.45) is 0 Å². The zero-order valence-electron chi connectivity index (χ0n) is 10.1. The van der Waals surface area contributed by atoms with Gasteiger partial charge in [0.15, 0.2) is 0 Å². The highest BCUT2D eigenvalue weighted by Crippen LogP contribution is 2.01. The molecule has 17 heavy (non-hydrogen) atoms. The first-order valence-electron chi connectivity index (χ1n) is 5.81. The van der Waals surface area contributed by atoms with Crippen LogP contribution in [0.5, 0.6) is 0 Å². The maximum absolute atomic E-state index is 11.8. The van der Waals surface area contributed by atoms with Crippen molar-refractivity contribution in [3.8, 4) is 0 Å². The summed E-state index contributed by atoms with van der Waals surface area (Å²) in [5.74, 6) is -0.0350. The Labute approximate surface area is 110 Å². The summed E-state index contributed by atoms with van der Waals surface area (Å²) < 4.78 is 28.2. The molecular weight excluding hydrogens is 296 g/mol. The molecule has 0 aromatic rings. The zero-order chi connectivity index (χ0) is 13.1. The average molecular weight is 316 g/mol. The van der Waals surface area contributed by atoms with E-state index in [1.807, 2.05) is 0 Å². The molecule has 0 aliphatic carbocycles. The van der Waals surface area contributed by atoms with Gasteiger partial charge in [0.2, 0.25) is 5.91 Å². The van der Waals surface area contributed by atoms with Gasteiger partial charge in [-0.05, 0) is 6.42 Å². The maximum atomic E-state index is 11.8. The normalized spacial score (nSPS) is 10.9. The lowest BCUT2D eigenvalue weighted by atomic mass is 10.3. The molecule has 0 bridgehead atoms. The topological polar surface area (TPSA) is 29.5 Å². The van der Waals surface area contributed by atoms with E-state index in [2.05, 4.69) is 27.6 Å². The molecule has 0 radical (unpaired) electrons. The number of amides is 1. The first kappa shape index (κ1) is 16.8. The number of hydrogen-bond donors (Lipinski definition) is 0. The monoisotopic (exact) mass is 315 g/mol. The summed E-state index contributed by atoms with van der Waals surface area (Å²) in [4.78, 5) is 13.5. The lowest BCUT2D eigenvalue weighted by molar-refractivity contribution is -0.132. The van der Waals surface area contributed by atoms with Gasteiger partial charge in [-0.3, -0.25) is 4.79 Å². The Morgan fingerprint density at radius 1 is 1.41 bits per heavy atom. The van der Waals surface area contributed by atoms with Crippen LogP contribution in [0.2, 0.25) is 0 Å². The minimum atomic E-state index is -2.47. The molecule has 0 saturated carbocycles. The SMILES string of the molecule is CCCCN(CCBr)C(=O)CCOCC(F)F. The third-order valence-corrected chi connectivity index (χ3v) is 2.55. The summed E-state index contributed by atoms with van der Waals surface area (Å²) in [5.41, 5.74) is 0. The molecular formula is C11H20BrF2NO2. The Hall–Kier alpha value is -0.230. The molecule has 0 heterocycles.